The molecule has 6 heteroatoms. The van der Waals surface area contributed by atoms with E-state index in [1.165, 1.54) is 5.48 Å². The molecule has 0 heterocycles. The van der Waals surface area contributed by atoms with Crippen LogP contribution in [0.1, 0.15) is 43.6 Å². The first-order chi connectivity index (χ1) is 10.6. The standard InChI is InChI=1S/C17H23N3O3/c1-11(2)5-6-12-7-9-13(10-8-12)15(21)19-14(16(22)20-23)17(3,4)18/h7-11,14,23H,18H2,1-4H3,(H,19,21)(H,20,22). The average molecular weight is 317 g/mol. The van der Waals surface area contributed by atoms with Crippen LogP contribution in [0.25, 0.3) is 0 Å². The highest BCUT2D eigenvalue weighted by Crippen LogP contribution is 2.09. The van der Waals surface area contributed by atoms with Crippen LogP contribution >= 0.6 is 0 Å². The lowest BCUT2D eigenvalue weighted by molar-refractivity contribution is -0.132. The molecule has 6 nitrogen and oxygen atoms in total. The average Bonchev–Trinajstić information content (AvgIpc) is 2.49. The van der Waals surface area contributed by atoms with E-state index in [4.69, 9.17) is 10.9 Å². The van der Waals surface area contributed by atoms with E-state index < -0.39 is 23.4 Å². The minimum atomic E-state index is -1.07. The highest BCUT2D eigenvalue weighted by atomic mass is 16.5. The van der Waals surface area contributed by atoms with E-state index in [2.05, 4.69) is 17.2 Å². The van der Waals surface area contributed by atoms with Crippen molar-refractivity contribution in [2.75, 3.05) is 0 Å². The Labute approximate surface area is 136 Å². The Morgan fingerprint density at radius 3 is 2.22 bits per heavy atom. The van der Waals surface area contributed by atoms with Gasteiger partial charge in [0, 0.05) is 22.6 Å². The SMILES string of the molecule is CC(C)C#Cc1ccc(C(=O)NC(C(=O)NO)C(C)(C)N)cc1. The van der Waals surface area contributed by atoms with Crippen molar-refractivity contribution < 1.29 is 14.8 Å². The fourth-order valence-corrected chi connectivity index (χ4v) is 1.80. The Bertz CT molecular complexity index is 619. The molecular formula is C17H23N3O3. The van der Waals surface area contributed by atoms with E-state index >= 15 is 0 Å². The maximum absolute atomic E-state index is 12.2. The first-order valence-electron chi connectivity index (χ1n) is 7.30. The van der Waals surface area contributed by atoms with Gasteiger partial charge in [0.25, 0.3) is 11.8 Å². The molecular weight excluding hydrogens is 294 g/mol. The van der Waals surface area contributed by atoms with Gasteiger partial charge in [-0.1, -0.05) is 25.7 Å². The molecule has 0 aromatic heterocycles. The Morgan fingerprint density at radius 1 is 1.22 bits per heavy atom. The molecule has 0 bridgehead atoms. The Morgan fingerprint density at radius 2 is 1.78 bits per heavy atom. The second kappa shape index (κ2) is 7.77. The summed E-state index contributed by atoms with van der Waals surface area (Å²) in [6.45, 7) is 7.15. The van der Waals surface area contributed by atoms with Gasteiger partial charge in [0.2, 0.25) is 0 Å². The van der Waals surface area contributed by atoms with Gasteiger partial charge in [-0.15, -0.1) is 0 Å². The summed E-state index contributed by atoms with van der Waals surface area (Å²) >= 11 is 0. The molecule has 1 aromatic rings. The van der Waals surface area contributed by atoms with Crippen LogP contribution in [0, 0.1) is 17.8 Å². The van der Waals surface area contributed by atoms with Crippen LogP contribution in [-0.4, -0.2) is 28.6 Å². The molecule has 0 fully saturated rings. The van der Waals surface area contributed by atoms with E-state index in [1.807, 2.05) is 13.8 Å². The lowest BCUT2D eigenvalue weighted by atomic mass is 9.95. The van der Waals surface area contributed by atoms with E-state index in [-0.39, 0.29) is 5.92 Å². The number of benzene rings is 1. The van der Waals surface area contributed by atoms with Crippen molar-refractivity contribution in [2.45, 2.75) is 39.3 Å². The Hall–Kier alpha value is -2.36. The maximum Gasteiger partial charge on any atom is 0.267 e. The summed E-state index contributed by atoms with van der Waals surface area (Å²) in [6.07, 6.45) is 0. The largest absolute Gasteiger partial charge is 0.338 e. The summed E-state index contributed by atoms with van der Waals surface area (Å²) in [7, 11) is 0. The van der Waals surface area contributed by atoms with E-state index in [9.17, 15) is 9.59 Å². The summed E-state index contributed by atoms with van der Waals surface area (Å²) in [6, 6.07) is 5.65. The predicted molar refractivity (Wildman–Crippen MR) is 87.6 cm³/mol. The van der Waals surface area contributed by atoms with Crippen molar-refractivity contribution in [1.29, 1.82) is 0 Å². The van der Waals surface area contributed by atoms with Gasteiger partial charge in [0.1, 0.15) is 6.04 Å². The van der Waals surface area contributed by atoms with Gasteiger partial charge in [-0.05, 0) is 38.1 Å². The first kappa shape index (κ1) is 18.7. The third kappa shape index (κ3) is 5.74. The lowest BCUT2D eigenvalue weighted by Crippen LogP contribution is -2.61. The lowest BCUT2D eigenvalue weighted by Gasteiger charge is -2.29. The second-order valence-electron chi connectivity index (χ2n) is 6.21. The van der Waals surface area contributed by atoms with Crippen LogP contribution in [0.2, 0.25) is 0 Å². The van der Waals surface area contributed by atoms with E-state index in [0.29, 0.717) is 5.56 Å². The third-order valence-corrected chi connectivity index (χ3v) is 3.04. The molecule has 1 unspecified atom stereocenters. The Kier molecular flexibility index (Phi) is 6.31. The monoisotopic (exact) mass is 317 g/mol. The highest BCUT2D eigenvalue weighted by molar-refractivity contribution is 5.97. The summed E-state index contributed by atoms with van der Waals surface area (Å²) in [4.78, 5) is 23.9. The van der Waals surface area contributed by atoms with E-state index in [0.717, 1.165) is 5.56 Å². The smallest absolute Gasteiger partial charge is 0.267 e. The molecule has 1 rings (SSSR count). The van der Waals surface area contributed by atoms with Gasteiger partial charge < -0.3 is 11.1 Å². The number of rotatable bonds is 4. The van der Waals surface area contributed by atoms with Gasteiger partial charge >= 0.3 is 0 Å². The molecule has 1 aromatic carbocycles. The summed E-state index contributed by atoms with van der Waals surface area (Å²) in [5, 5.41) is 11.3. The minimum absolute atomic E-state index is 0.266. The summed E-state index contributed by atoms with van der Waals surface area (Å²) in [5.74, 6) is 5.08. The van der Waals surface area contributed by atoms with Gasteiger partial charge in [0.05, 0.1) is 0 Å². The van der Waals surface area contributed by atoms with Crippen molar-refractivity contribution in [1.82, 2.24) is 10.8 Å². The predicted octanol–water partition coefficient (Wildman–Crippen LogP) is 1.04. The number of carbonyl (C=O) groups is 2. The zero-order valence-corrected chi connectivity index (χ0v) is 13.8. The number of amides is 2. The van der Waals surface area contributed by atoms with Crippen molar-refractivity contribution >= 4 is 11.8 Å². The molecule has 0 aliphatic heterocycles. The molecule has 23 heavy (non-hydrogen) atoms. The van der Waals surface area contributed by atoms with Crippen LogP contribution in [-0.2, 0) is 4.79 Å². The van der Waals surface area contributed by atoms with Crippen molar-refractivity contribution in [3.05, 3.63) is 35.4 Å². The molecule has 2 amide bonds. The Balaban J connectivity index is 2.89. The molecule has 0 aliphatic rings. The number of nitrogens with two attached hydrogens (primary N) is 1. The van der Waals surface area contributed by atoms with Crippen LogP contribution in [0.3, 0.4) is 0 Å². The van der Waals surface area contributed by atoms with Gasteiger partial charge in [0.15, 0.2) is 0 Å². The molecule has 0 saturated heterocycles. The zero-order chi connectivity index (χ0) is 17.6. The molecule has 0 saturated carbocycles. The highest BCUT2D eigenvalue weighted by Gasteiger charge is 2.33. The quantitative estimate of drug-likeness (QED) is 0.378. The minimum Gasteiger partial charge on any atom is -0.338 e. The molecule has 5 N–H and O–H groups in total. The van der Waals surface area contributed by atoms with Crippen molar-refractivity contribution in [3.63, 3.8) is 0 Å². The second-order valence-corrected chi connectivity index (χ2v) is 6.21. The number of hydrogen-bond donors (Lipinski definition) is 4. The number of hydrogen-bond acceptors (Lipinski definition) is 4. The molecule has 0 spiro atoms. The number of carbonyl (C=O) groups excluding carboxylic acids is 2. The fourth-order valence-electron chi connectivity index (χ4n) is 1.80. The van der Waals surface area contributed by atoms with E-state index in [1.54, 1.807) is 38.1 Å². The van der Waals surface area contributed by atoms with Crippen molar-refractivity contribution in [2.24, 2.45) is 11.7 Å². The summed E-state index contributed by atoms with van der Waals surface area (Å²) in [5.41, 5.74) is 7.53. The molecule has 0 aliphatic carbocycles. The maximum atomic E-state index is 12.2. The molecule has 1 atom stereocenters. The van der Waals surface area contributed by atoms with Gasteiger partial charge in [-0.2, -0.15) is 0 Å². The normalized spacial score (nSPS) is 12.1. The topological polar surface area (TPSA) is 104 Å². The van der Waals surface area contributed by atoms with Crippen LogP contribution < -0.4 is 16.5 Å². The van der Waals surface area contributed by atoms with Crippen LogP contribution in [0.15, 0.2) is 24.3 Å². The third-order valence-electron chi connectivity index (χ3n) is 3.04. The zero-order valence-electron chi connectivity index (χ0n) is 13.8. The van der Waals surface area contributed by atoms with Gasteiger partial charge in [-0.25, -0.2) is 5.48 Å². The summed E-state index contributed by atoms with van der Waals surface area (Å²) < 4.78 is 0. The van der Waals surface area contributed by atoms with Crippen molar-refractivity contribution in [3.8, 4) is 11.8 Å². The fraction of sp³-hybridized carbons (Fsp3) is 0.412. The first-order valence-corrected chi connectivity index (χ1v) is 7.30. The number of nitrogens with one attached hydrogen (secondary N) is 2. The number of hydroxylamine groups is 1. The molecule has 124 valence electrons. The molecule has 0 radical (unpaired) electrons. The van der Waals surface area contributed by atoms with Crippen LogP contribution in [0.4, 0.5) is 0 Å². The van der Waals surface area contributed by atoms with Gasteiger partial charge in [-0.3, -0.25) is 14.8 Å². The van der Waals surface area contributed by atoms with Crippen LogP contribution in [0.5, 0.6) is 0 Å².